The molecule has 0 unspecified atom stereocenters. The quantitative estimate of drug-likeness (QED) is 0.237. The first kappa shape index (κ1) is 7.88. The minimum Gasteiger partial charge on any atom is -0.431 e. The number of carbonyl (C=O) groups is 2. The van der Waals surface area contributed by atoms with Crippen molar-refractivity contribution in [2.45, 2.75) is 13.8 Å². The van der Waals surface area contributed by atoms with Crippen LogP contribution in [0.1, 0.15) is 13.8 Å². The Morgan fingerprint density at radius 1 is 1.44 bits per heavy atom. The van der Waals surface area contributed by atoms with Gasteiger partial charge >= 0.3 is 5.97 Å². The third-order valence-corrected chi connectivity index (χ3v) is 0.607. The van der Waals surface area contributed by atoms with E-state index in [1.54, 1.807) is 0 Å². The number of hydrogen-bond acceptors (Lipinski definition) is 3. The molecule has 50 valence electrons. The van der Waals surface area contributed by atoms with Gasteiger partial charge in [0.2, 0.25) is 0 Å². The number of ether oxygens (including phenoxy) is 1. The molecule has 0 heterocycles. The van der Waals surface area contributed by atoms with E-state index in [0.717, 1.165) is 0 Å². The van der Waals surface area contributed by atoms with Gasteiger partial charge in [-0.05, 0) is 6.92 Å². The van der Waals surface area contributed by atoms with E-state index in [2.05, 4.69) is 4.74 Å². The molecule has 0 aliphatic rings. The average Bonchev–Trinajstić information content (AvgIpc) is 1.63. The number of aldehydes is 1. The number of rotatable bonds is 2. The minimum absolute atomic E-state index is 0.317. The lowest BCUT2D eigenvalue weighted by Crippen LogP contribution is -1.95. The van der Waals surface area contributed by atoms with E-state index in [-0.39, 0.29) is 0 Å². The molecule has 0 aromatic heterocycles. The van der Waals surface area contributed by atoms with E-state index >= 15 is 0 Å². The van der Waals surface area contributed by atoms with Gasteiger partial charge in [-0.1, -0.05) is 0 Å². The summed E-state index contributed by atoms with van der Waals surface area (Å²) in [4.78, 5) is 19.9. The number of hydrogen-bond donors (Lipinski definition) is 0. The molecule has 3 heteroatoms. The van der Waals surface area contributed by atoms with Crippen LogP contribution in [0.25, 0.3) is 0 Å². The fourth-order valence-electron chi connectivity index (χ4n) is 0.357. The lowest BCUT2D eigenvalue weighted by molar-refractivity contribution is -0.136. The fraction of sp³-hybridized carbons (Fsp3) is 0.333. The van der Waals surface area contributed by atoms with Gasteiger partial charge in [-0.15, -0.1) is 0 Å². The number of esters is 1. The van der Waals surface area contributed by atoms with Crippen molar-refractivity contribution < 1.29 is 14.3 Å². The van der Waals surface area contributed by atoms with Crippen molar-refractivity contribution in [2.75, 3.05) is 0 Å². The van der Waals surface area contributed by atoms with Crippen LogP contribution in [0.5, 0.6) is 0 Å². The van der Waals surface area contributed by atoms with Crippen LogP contribution in [0.3, 0.4) is 0 Å². The Kier molecular flexibility index (Phi) is 3.35. The van der Waals surface area contributed by atoms with Gasteiger partial charge in [-0.2, -0.15) is 0 Å². The molecule has 0 aromatic carbocycles. The predicted molar refractivity (Wildman–Crippen MR) is 31.6 cm³/mol. The van der Waals surface area contributed by atoms with Gasteiger partial charge in [0.15, 0.2) is 0 Å². The first-order valence-electron chi connectivity index (χ1n) is 2.47. The Morgan fingerprint density at radius 2 is 2.00 bits per heavy atom. The molecule has 0 aliphatic heterocycles. The van der Waals surface area contributed by atoms with Crippen LogP contribution in [0.2, 0.25) is 0 Å². The van der Waals surface area contributed by atoms with Crippen molar-refractivity contribution in [2.24, 2.45) is 0 Å². The minimum atomic E-state index is -0.411. The van der Waals surface area contributed by atoms with E-state index in [9.17, 15) is 9.59 Å². The fourth-order valence-corrected chi connectivity index (χ4v) is 0.357. The van der Waals surface area contributed by atoms with Gasteiger partial charge in [-0.25, -0.2) is 0 Å². The summed E-state index contributed by atoms with van der Waals surface area (Å²) in [5, 5.41) is 0. The molecule has 0 rings (SSSR count). The second-order valence-corrected chi connectivity index (χ2v) is 1.51. The number of carbonyl (C=O) groups excluding carboxylic acids is 2. The van der Waals surface area contributed by atoms with Crippen molar-refractivity contribution in [3.8, 4) is 0 Å². The van der Waals surface area contributed by atoms with Crippen molar-refractivity contribution in [1.29, 1.82) is 0 Å². The standard InChI is InChI=1S/C6H8O3/c1-5(3-4-7)9-6(2)8/h3-4H,1-2H3. The van der Waals surface area contributed by atoms with Crippen molar-refractivity contribution in [3.05, 3.63) is 11.8 Å². The molecule has 9 heavy (non-hydrogen) atoms. The summed E-state index contributed by atoms with van der Waals surface area (Å²) >= 11 is 0. The Bertz CT molecular complexity index is 146. The van der Waals surface area contributed by atoms with Crippen LogP contribution < -0.4 is 0 Å². The van der Waals surface area contributed by atoms with Gasteiger partial charge in [0, 0.05) is 13.0 Å². The van der Waals surface area contributed by atoms with Crippen LogP contribution in [-0.4, -0.2) is 12.3 Å². The maximum atomic E-state index is 10.2. The monoisotopic (exact) mass is 128 g/mol. The molecule has 0 N–H and O–H groups in total. The van der Waals surface area contributed by atoms with E-state index in [0.29, 0.717) is 12.0 Å². The van der Waals surface area contributed by atoms with Crippen LogP contribution in [-0.2, 0) is 14.3 Å². The van der Waals surface area contributed by atoms with Crippen LogP contribution in [0, 0.1) is 0 Å². The van der Waals surface area contributed by atoms with E-state index in [1.807, 2.05) is 0 Å². The van der Waals surface area contributed by atoms with E-state index in [1.165, 1.54) is 19.9 Å². The zero-order chi connectivity index (χ0) is 7.28. The lowest BCUT2D eigenvalue weighted by atomic mass is 10.5. The second-order valence-electron chi connectivity index (χ2n) is 1.51. The maximum Gasteiger partial charge on any atom is 0.307 e. The summed E-state index contributed by atoms with van der Waals surface area (Å²) in [6, 6.07) is 0. The van der Waals surface area contributed by atoms with Crippen LogP contribution in [0.4, 0.5) is 0 Å². The zero-order valence-corrected chi connectivity index (χ0v) is 5.38. The molecule has 0 saturated carbocycles. The summed E-state index contributed by atoms with van der Waals surface area (Å²) in [7, 11) is 0. The SMILES string of the molecule is CC(=O)OC(C)=CC=O. The molecule has 0 radical (unpaired) electrons. The first-order chi connectivity index (χ1) is 4.16. The number of allylic oxidation sites excluding steroid dienone is 2. The molecular formula is C6H8O3. The summed E-state index contributed by atoms with van der Waals surface area (Å²) in [6.07, 6.45) is 1.75. The summed E-state index contributed by atoms with van der Waals surface area (Å²) in [5.74, 6) is -0.0944. The Balaban J connectivity index is 3.75. The van der Waals surface area contributed by atoms with Gasteiger partial charge in [0.05, 0.1) is 0 Å². The Hall–Kier alpha value is -1.12. The van der Waals surface area contributed by atoms with Crippen LogP contribution >= 0.6 is 0 Å². The molecule has 0 saturated heterocycles. The molecule has 0 spiro atoms. The Labute approximate surface area is 53.3 Å². The highest BCUT2D eigenvalue weighted by Gasteiger charge is 1.91. The smallest absolute Gasteiger partial charge is 0.307 e. The topological polar surface area (TPSA) is 43.4 Å². The summed E-state index contributed by atoms with van der Waals surface area (Å²) in [5.41, 5.74) is 0. The summed E-state index contributed by atoms with van der Waals surface area (Å²) < 4.78 is 4.48. The van der Waals surface area contributed by atoms with E-state index in [4.69, 9.17) is 0 Å². The highest BCUT2D eigenvalue weighted by molar-refractivity contribution is 5.70. The molecular weight excluding hydrogens is 120 g/mol. The normalized spacial score (nSPS) is 10.7. The molecule has 0 fully saturated rings. The van der Waals surface area contributed by atoms with Crippen molar-refractivity contribution >= 4 is 12.3 Å². The van der Waals surface area contributed by atoms with Crippen LogP contribution in [0.15, 0.2) is 11.8 Å². The molecule has 3 nitrogen and oxygen atoms in total. The predicted octanol–water partition coefficient (Wildman–Crippen LogP) is 0.652. The molecule has 0 bridgehead atoms. The van der Waals surface area contributed by atoms with Gasteiger partial charge < -0.3 is 4.74 Å². The first-order valence-corrected chi connectivity index (χ1v) is 2.47. The Morgan fingerprint density at radius 3 is 2.33 bits per heavy atom. The molecule has 0 atom stereocenters. The van der Waals surface area contributed by atoms with E-state index < -0.39 is 5.97 Å². The highest BCUT2D eigenvalue weighted by Crippen LogP contribution is 1.92. The lowest BCUT2D eigenvalue weighted by Gasteiger charge is -1.95. The summed E-state index contributed by atoms with van der Waals surface area (Å²) in [6.45, 7) is 2.82. The van der Waals surface area contributed by atoms with Gasteiger partial charge in [-0.3, -0.25) is 9.59 Å². The maximum absolute atomic E-state index is 10.2. The van der Waals surface area contributed by atoms with Crippen molar-refractivity contribution in [1.82, 2.24) is 0 Å². The second kappa shape index (κ2) is 3.83. The zero-order valence-electron chi connectivity index (χ0n) is 5.38. The molecule has 0 amide bonds. The van der Waals surface area contributed by atoms with Crippen molar-refractivity contribution in [3.63, 3.8) is 0 Å². The molecule has 0 aromatic rings. The molecule has 0 aliphatic carbocycles. The van der Waals surface area contributed by atoms with Gasteiger partial charge in [0.25, 0.3) is 0 Å². The highest BCUT2D eigenvalue weighted by atomic mass is 16.5. The third-order valence-electron chi connectivity index (χ3n) is 0.607. The largest absolute Gasteiger partial charge is 0.431 e. The third kappa shape index (κ3) is 4.74. The van der Waals surface area contributed by atoms with Gasteiger partial charge in [0.1, 0.15) is 12.0 Å². The average molecular weight is 128 g/mol.